The second-order valence-electron chi connectivity index (χ2n) is 5.62. The summed E-state index contributed by atoms with van der Waals surface area (Å²) >= 11 is 0. The van der Waals surface area contributed by atoms with E-state index in [2.05, 4.69) is 5.32 Å². The van der Waals surface area contributed by atoms with Crippen LogP contribution >= 0.6 is 0 Å². The number of rotatable bonds is 5. The van der Waals surface area contributed by atoms with E-state index in [1.54, 1.807) is 31.4 Å². The van der Waals surface area contributed by atoms with Crippen LogP contribution in [0, 0.1) is 6.92 Å². The quantitative estimate of drug-likeness (QED) is 0.711. The van der Waals surface area contributed by atoms with Crippen LogP contribution < -0.4 is 14.8 Å². The standard InChI is InChI=1S/C21H19NO3/c1-15-3-9-19(10-4-15)25-20-13-7-17(8-14-20)22-21(23)16-5-11-18(24-2)12-6-16/h3-14H,1-2H3,(H,22,23). The number of hydrogen-bond donors (Lipinski definition) is 1. The highest BCUT2D eigenvalue weighted by atomic mass is 16.5. The third kappa shape index (κ3) is 4.38. The van der Waals surface area contributed by atoms with E-state index in [0.717, 1.165) is 5.75 Å². The molecule has 0 unspecified atom stereocenters. The van der Waals surface area contributed by atoms with Crippen LogP contribution in [0.4, 0.5) is 5.69 Å². The van der Waals surface area contributed by atoms with Crippen molar-refractivity contribution in [2.24, 2.45) is 0 Å². The highest BCUT2D eigenvalue weighted by Crippen LogP contribution is 2.23. The van der Waals surface area contributed by atoms with Crippen LogP contribution in [0.2, 0.25) is 0 Å². The van der Waals surface area contributed by atoms with Crippen molar-refractivity contribution in [2.45, 2.75) is 6.92 Å². The van der Waals surface area contributed by atoms with E-state index in [1.165, 1.54) is 5.56 Å². The summed E-state index contributed by atoms with van der Waals surface area (Å²) in [5, 5.41) is 2.86. The molecule has 0 atom stereocenters. The van der Waals surface area contributed by atoms with Crippen LogP contribution in [0.25, 0.3) is 0 Å². The molecule has 0 heterocycles. The van der Waals surface area contributed by atoms with Gasteiger partial charge in [-0.3, -0.25) is 4.79 Å². The van der Waals surface area contributed by atoms with Gasteiger partial charge in [0.25, 0.3) is 5.91 Å². The average Bonchev–Trinajstić information content (AvgIpc) is 2.65. The molecule has 0 radical (unpaired) electrons. The predicted molar refractivity (Wildman–Crippen MR) is 98.6 cm³/mol. The number of amides is 1. The summed E-state index contributed by atoms with van der Waals surface area (Å²) in [6, 6.07) is 22.1. The van der Waals surface area contributed by atoms with Gasteiger partial charge >= 0.3 is 0 Å². The lowest BCUT2D eigenvalue weighted by Gasteiger charge is -2.09. The zero-order chi connectivity index (χ0) is 17.6. The molecule has 0 aliphatic carbocycles. The molecule has 3 aromatic rings. The zero-order valence-corrected chi connectivity index (χ0v) is 14.2. The molecule has 0 spiro atoms. The molecule has 126 valence electrons. The molecule has 0 aromatic heterocycles. The third-order valence-corrected chi connectivity index (χ3v) is 3.72. The highest BCUT2D eigenvalue weighted by molar-refractivity contribution is 6.04. The number of carbonyl (C=O) groups excluding carboxylic acids is 1. The summed E-state index contributed by atoms with van der Waals surface area (Å²) in [6.07, 6.45) is 0. The Morgan fingerprint density at radius 3 is 1.84 bits per heavy atom. The monoisotopic (exact) mass is 333 g/mol. The molecule has 25 heavy (non-hydrogen) atoms. The van der Waals surface area contributed by atoms with E-state index in [9.17, 15) is 4.79 Å². The Labute approximate surface area is 147 Å². The Morgan fingerprint density at radius 2 is 1.28 bits per heavy atom. The van der Waals surface area contributed by atoms with Crippen LogP contribution in [0.5, 0.6) is 17.2 Å². The number of nitrogens with one attached hydrogen (secondary N) is 1. The molecule has 4 heteroatoms. The first kappa shape index (κ1) is 16.6. The van der Waals surface area contributed by atoms with Crippen LogP contribution in [-0.4, -0.2) is 13.0 Å². The second-order valence-corrected chi connectivity index (χ2v) is 5.62. The maximum atomic E-state index is 12.2. The molecule has 0 saturated carbocycles. The maximum Gasteiger partial charge on any atom is 0.255 e. The molecule has 4 nitrogen and oxygen atoms in total. The minimum atomic E-state index is -0.171. The van der Waals surface area contributed by atoms with Crippen molar-refractivity contribution in [1.82, 2.24) is 0 Å². The van der Waals surface area contributed by atoms with Crippen LogP contribution in [-0.2, 0) is 0 Å². The first-order chi connectivity index (χ1) is 12.1. The molecule has 0 saturated heterocycles. The third-order valence-electron chi connectivity index (χ3n) is 3.72. The number of methoxy groups -OCH3 is 1. The van der Waals surface area contributed by atoms with Gasteiger partial charge in [-0.05, 0) is 67.6 Å². The van der Waals surface area contributed by atoms with Crippen molar-refractivity contribution >= 4 is 11.6 Å². The fourth-order valence-corrected chi connectivity index (χ4v) is 2.29. The second kappa shape index (κ2) is 7.53. The molecular weight excluding hydrogens is 314 g/mol. The average molecular weight is 333 g/mol. The van der Waals surface area contributed by atoms with Gasteiger partial charge in [-0.25, -0.2) is 0 Å². The van der Waals surface area contributed by atoms with Crippen molar-refractivity contribution in [3.63, 3.8) is 0 Å². The molecule has 0 bridgehead atoms. The van der Waals surface area contributed by atoms with E-state index in [0.29, 0.717) is 22.7 Å². The number of aryl methyl sites for hydroxylation is 1. The van der Waals surface area contributed by atoms with Crippen molar-refractivity contribution in [3.05, 3.63) is 83.9 Å². The Morgan fingerprint density at radius 1 is 0.760 bits per heavy atom. The normalized spacial score (nSPS) is 10.2. The topological polar surface area (TPSA) is 47.6 Å². The molecule has 0 fully saturated rings. The zero-order valence-electron chi connectivity index (χ0n) is 14.2. The molecule has 3 rings (SSSR count). The molecule has 1 N–H and O–H groups in total. The number of carbonyl (C=O) groups is 1. The fourth-order valence-electron chi connectivity index (χ4n) is 2.29. The lowest BCUT2D eigenvalue weighted by Crippen LogP contribution is -2.11. The molecule has 1 amide bonds. The summed E-state index contributed by atoms with van der Waals surface area (Å²) in [6.45, 7) is 2.03. The number of ether oxygens (including phenoxy) is 2. The van der Waals surface area contributed by atoms with Gasteiger partial charge in [0.2, 0.25) is 0 Å². The first-order valence-electron chi connectivity index (χ1n) is 7.94. The Bertz CT molecular complexity index is 838. The van der Waals surface area contributed by atoms with Crippen LogP contribution in [0.15, 0.2) is 72.8 Å². The minimum absolute atomic E-state index is 0.171. The van der Waals surface area contributed by atoms with Crippen molar-refractivity contribution < 1.29 is 14.3 Å². The lowest BCUT2D eigenvalue weighted by atomic mass is 10.2. The number of anilines is 1. The smallest absolute Gasteiger partial charge is 0.255 e. The molecule has 3 aromatic carbocycles. The van der Waals surface area contributed by atoms with E-state index < -0.39 is 0 Å². The summed E-state index contributed by atoms with van der Waals surface area (Å²) < 4.78 is 10.9. The molecular formula is C21H19NO3. The van der Waals surface area contributed by atoms with Gasteiger partial charge < -0.3 is 14.8 Å². The van der Waals surface area contributed by atoms with Crippen molar-refractivity contribution in [1.29, 1.82) is 0 Å². The SMILES string of the molecule is COc1ccc(C(=O)Nc2ccc(Oc3ccc(C)cc3)cc2)cc1. The molecule has 0 aliphatic heterocycles. The summed E-state index contributed by atoms with van der Waals surface area (Å²) in [4.78, 5) is 12.2. The van der Waals surface area contributed by atoms with E-state index in [4.69, 9.17) is 9.47 Å². The first-order valence-corrected chi connectivity index (χ1v) is 7.94. The van der Waals surface area contributed by atoms with E-state index >= 15 is 0 Å². The Kier molecular flexibility index (Phi) is 5.00. The fraction of sp³-hybridized carbons (Fsp3) is 0.0952. The summed E-state index contributed by atoms with van der Waals surface area (Å²) in [5.74, 6) is 2.04. The van der Waals surface area contributed by atoms with Crippen LogP contribution in [0.3, 0.4) is 0 Å². The number of hydrogen-bond acceptors (Lipinski definition) is 3. The maximum absolute atomic E-state index is 12.2. The van der Waals surface area contributed by atoms with Gasteiger partial charge in [0.15, 0.2) is 0 Å². The van der Waals surface area contributed by atoms with Gasteiger partial charge in [-0.15, -0.1) is 0 Å². The van der Waals surface area contributed by atoms with Gasteiger partial charge in [0.05, 0.1) is 7.11 Å². The lowest BCUT2D eigenvalue weighted by molar-refractivity contribution is 0.102. The Hall–Kier alpha value is -3.27. The van der Waals surface area contributed by atoms with Crippen LogP contribution in [0.1, 0.15) is 15.9 Å². The summed E-state index contributed by atoms with van der Waals surface area (Å²) in [5.41, 5.74) is 2.46. The summed E-state index contributed by atoms with van der Waals surface area (Å²) in [7, 11) is 1.59. The van der Waals surface area contributed by atoms with Crippen molar-refractivity contribution in [2.75, 3.05) is 12.4 Å². The Balaban J connectivity index is 1.63. The van der Waals surface area contributed by atoms with Gasteiger partial charge in [0.1, 0.15) is 17.2 Å². The molecule has 0 aliphatic rings. The number of benzene rings is 3. The van der Waals surface area contributed by atoms with Gasteiger partial charge in [-0.1, -0.05) is 17.7 Å². The largest absolute Gasteiger partial charge is 0.497 e. The van der Waals surface area contributed by atoms with Crippen molar-refractivity contribution in [3.8, 4) is 17.2 Å². The van der Waals surface area contributed by atoms with Gasteiger partial charge in [0, 0.05) is 11.3 Å². The minimum Gasteiger partial charge on any atom is -0.497 e. The predicted octanol–water partition coefficient (Wildman–Crippen LogP) is 5.05. The van der Waals surface area contributed by atoms with Gasteiger partial charge in [-0.2, -0.15) is 0 Å². The van der Waals surface area contributed by atoms with E-state index in [1.807, 2.05) is 55.5 Å². The van der Waals surface area contributed by atoms with E-state index in [-0.39, 0.29) is 5.91 Å². The highest BCUT2D eigenvalue weighted by Gasteiger charge is 2.06.